The molecule has 0 bridgehead atoms. The number of rotatable bonds is 4. The SMILES string of the molecule is CC(C)C(O)CNc1ccc(N)cc1C#N. The molecule has 0 radical (unpaired) electrons. The number of nitrogens with zero attached hydrogens (tertiary/aromatic N) is 1. The van der Waals surface area contributed by atoms with E-state index in [0.717, 1.165) is 0 Å². The van der Waals surface area contributed by atoms with Gasteiger partial charge in [0.15, 0.2) is 0 Å². The lowest BCUT2D eigenvalue weighted by Gasteiger charge is -2.16. The van der Waals surface area contributed by atoms with Gasteiger partial charge in [-0.1, -0.05) is 13.8 Å². The van der Waals surface area contributed by atoms with Gasteiger partial charge in [0.2, 0.25) is 0 Å². The minimum atomic E-state index is -0.427. The minimum absolute atomic E-state index is 0.187. The van der Waals surface area contributed by atoms with E-state index >= 15 is 0 Å². The Labute approximate surface area is 95.7 Å². The van der Waals surface area contributed by atoms with Gasteiger partial charge >= 0.3 is 0 Å². The van der Waals surface area contributed by atoms with Crippen LogP contribution in [0.15, 0.2) is 18.2 Å². The molecule has 0 fully saturated rings. The number of anilines is 2. The van der Waals surface area contributed by atoms with Crippen LogP contribution in [0.2, 0.25) is 0 Å². The van der Waals surface area contributed by atoms with E-state index in [0.29, 0.717) is 23.5 Å². The summed E-state index contributed by atoms with van der Waals surface area (Å²) in [6, 6.07) is 7.16. The van der Waals surface area contributed by atoms with Crippen molar-refractivity contribution in [3.05, 3.63) is 23.8 Å². The predicted molar refractivity (Wildman–Crippen MR) is 64.9 cm³/mol. The van der Waals surface area contributed by atoms with Gasteiger partial charge in [0.25, 0.3) is 0 Å². The molecule has 4 heteroatoms. The van der Waals surface area contributed by atoms with E-state index in [1.165, 1.54) is 0 Å². The molecule has 0 aliphatic rings. The lowest BCUT2D eigenvalue weighted by atomic mass is 10.1. The first-order valence-corrected chi connectivity index (χ1v) is 5.26. The second kappa shape index (κ2) is 5.38. The van der Waals surface area contributed by atoms with Crippen molar-refractivity contribution in [2.24, 2.45) is 5.92 Å². The molecule has 4 N–H and O–H groups in total. The number of hydrogen-bond donors (Lipinski definition) is 3. The van der Waals surface area contributed by atoms with Crippen LogP contribution < -0.4 is 11.1 Å². The smallest absolute Gasteiger partial charge is 0.101 e. The fourth-order valence-corrected chi connectivity index (χ4v) is 1.26. The van der Waals surface area contributed by atoms with E-state index in [1.807, 2.05) is 13.8 Å². The summed E-state index contributed by atoms with van der Waals surface area (Å²) in [7, 11) is 0. The van der Waals surface area contributed by atoms with E-state index in [-0.39, 0.29) is 5.92 Å². The maximum absolute atomic E-state index is 9.64. The van der Waals surface area contributed by atoms with Gasteiger partial charge in [-0.05, 0) is 24.1 Å². The van der Waals surface area contributed by atoms with Crippen LogP contribution in [0.3, 0.4) is 0 Å². The summed E-state index contributed by atoms with van der Waals surface area (Å²) in [5, 5.41) is 21.6. The summed E-state index contributed by atoms with van der Waals surface area (Å²) in [6.45, 7) is 4.32. The molecule has 0 aliphatic carbocycles. The molecule has 0 amide bonds. The molecule has 1 aromatic rings. The third-order valence-electron chi connectivity index (χ3n) is 2.44. The molecule has 1 unspecified atom stereocenters. The normalized spacial score (nSPS) is 12.2. The number of nitriles is 1. The van der Waals surface area contributed by atoms with E-state index in [2.05, 4.69) is 11.4 Å². The topological polar surface area (TPSA) is 82.1 Å². The van der Waals surface area contributed by atoms with Crippen LogP contribution in [-0.4, -0.2) is 17.8 Å². The quantitative estimate of drug-likeness (QED) is 0.671. The first-order chi connectivity index (χ1) is 7.54. The van der Waals surface area contributed by atoms with Crippen molar-refractivity contribution < 1.29 is 5.11 Å². The molecule has 0 heterocycles. The highest BCUT2D eigenvalue weighted by Crippen LogP contribution is 2.18. The molecule has 0 saturated heterocycles. The summed E-state index contributed by atoms with van der Waals surface area (Å²) in [4.78, 5) is 0. The zero-order chi connectivity index (χ0) is 12.1. The Kier molecular flexibility index (Phi) is 4.15. The third kappa shape index (κ3) is 3.14. The van der Waals surface area contributed by atoms with Crippen LogP contribution in [0.25, 0.3) is 0 Å². The van der Waals surface area contributed by atoms with Crippen molar-refractivity contribution in [2.75, 3.05) is 17.6 Å². The fourth-order valence-electron chi connectivity index (χ4n) is 1.26. The van der Waals surface area contributed by atoms with E-state index in [9.17, 15) is 5.11 Å². The van der Waals surface area contributed by atoms with Gasteiger partial charge in [-0.15, -0.1) is 0 Å². The predicted octanol–water partition coefficient (Wildman–Crippen LogP) is 1.57. The number of hydrogen-bond acceptors (Lipinski definition) is 4. The van der Waals surface area contributed by atoms with Crippen molar-refractivity contribution in [1.82, 2.24) is 0 Å². The lowest BCUT2D eigenvalue weighted by Crippen LogP contribution is -2.25. The van der Waals surface area contributed by atoms with E-state index in [4.69, 9.17) is 11.0 Å². The molecule has 1 aromatic carbocycles. The van der Waals surface area contributed by atoms with Crippen LogP contribution in [0.4, 0.5) is 11.4 Å². The number of nitrogens with one attached hydrogen (secondary N) is 1. The Hall–Kier alpha value is -1.73. The standard InChI is InChI=1S/C12H17N3O/c1-8(2)12(16)7-15-11-4-3-10(14)5-9(11)6-13/h3-5,8,12,15-16H,7,14H2,1-2H3. The van der Waals surface area contributed by atoms with Crippen LogP contribution >= 0.6 is 0 Å². The first-order valence-electron chi connectivity index (χ1n) is 5.26. The molecular formula is C12H17N3O. The zero-order valence-corrected chi connectivity index (χ0v) is 9.57. The molecule has 0 aliphatic heterocycles. The average molecular weight is 219 g/mol. The summed E-state index contributed by atoms with van der Waals surface area (Å²) in [6.07, 6.45) is -0.427. The summed E-state index contributed by atoms with van der Waals surface area (Å²) < 4.78 is 0. The molecule has 0 saturated carbocycles. The van der Waals surface area contributed by atoms with Crippen LogP contribution in [0.5, 0.6) is 0 Å². The van der Waals surface area contributed by atoms with Crippen LogP contribution in [-0.2, 0) is 0 Å². The van der Waals surface area contributed by atoms with E-state index in [1.54, 1.807) is 18.2 Å². The Morgan fingerprint density at radius 3 is 2.75 bits per heavy atom. The van der Waals surface area contributed by atoms with Gasteiger partial charge in [-0.25, -0.2) is 0 Å². The van der Waals surface area contributed by atoms with Gasteiger partial charge in [-0.2, -0.15) is 5.26 Å². The molecule has 4 nitrogen and oxygen atoms in total. The highest BCUT2D eigenvalue weighted by atomic mass is 16.3. The highest BCUT2D eigenvalue weighted by molar-refractivity contribution is 5.62. The van der Waals surface area contributed by atoms with Crippen molar-refractivity contribution in [2.45, 2.75) is 20.0 Å². The van der Waals surface area contributed by atoms with Gasteiger partial charge in [0.1, 0.15) is 6.07 Å². The van der Waals surface area contributed by atoms with Crippen molar-refractivity contribution in [3.8, 4) is 6.07 Å². The fraction of sp³-hybridized carbons (Fsp3) is 0.417. The Bertz CT molecular complexity index is 396. The summed E-state index contributed by atoms with van der Waals surface area (Å²) in [5.41, 5.74) is 7.34. The second-order valence-corrected chi connectivity index (χ2v) is 4.11. The molecule has 1 rings (SSSR count). The maximum Gasteiger partial charge on any atom is 0.101 e. The summed E-state index contributed by atoms with van der Waals surface area (Å²) in [5.74, 6) is 0.187. The van der Waals surface area contributed by atoms with E-state index < -0.39 is 6.10 Å². The van der Waals surface area contributed by atoms with Crippen molar-refractivity contribution >= 4 is 11.4 Å². The van der Waals surface area contributed by atoms with Crippen LogP contribution in [0.1, 0.15) is 19.4 Å². The maximum atomic E-state index is 9.64. The zero-order valence-electron chi connectivity index (χ0n) is 9.57. The Balaban J connectivity index is 2.71. The third-order valence-corrected chi connectivity index (χ3v) is 2.44. The summed E-state index contributed by atoms with van der Waals surface area (Å²) >= 11 is 0. The Morgan fingerprint density at radius 1 is 1.50 bits per heavy atom. The number of aliphatic hydroxyl groups excluding tert-OH is 1. The molecule has 0 aromatic heterocycles. The molecule has 86 valence electrons. The molecule has 1 atom stereocenters. The average Bonchev–Trinajstić information content (AvgIpc) is 2.26. The number of aliphatic hydroxyl groups is 1. The largest absolute Gasteiger partial charge is 0.399 e. The Morgan fingerprint density at radius 2 is 2.19 bits per heavy atom. The second-order valence-electron chi connectivity index (χ2n) is 4.11. The molecule has 0 spiro atoms. The monoisotopic (exact) mass is 219 g/mol. The van der Waals surface area contributed by atoms with Gasteiger partial charge in [-0.3, -0.25) is 0 Å². The highest BCUT2D eigenvalue weighted by Gasteiger charge is 2.09. The minimum Gasteiger partial charge on any atom is -0.399 e. The van der Waals surface area contributed by atoms with Gasteiger partial charge in [0, 0.05) is 12.2 Å². The molecular weight excluding hydrogens is 202 g/mol. The number of benzene rings is 1. The number of nitrogen functional groups attached to an aromatic ring is 1. The number of nitrogens with two attached hydrogens (primary N) is 1. The van der Waals surface area contributed by atoms with Crippen molar-refractivity contribution in [3.63, 3.8) is 0 Å². The lowest BCUT2D eigenvalue weighted by molar-refractivity contribution is 0.138. The van der Waals surface area contributed by atoms with Gasteiger partial charge < -0.3 is 16.2 Å². The van der Waals surface area contributed by atoms with Gasteiger partial charge in [0.05, 0.1) is 17.4 Å². The molecule has 16 heavy (non-hydrogen) atoms. The van der Waals surface area contributed by atoms with Crippen molar-refractivity contribution in [1.29, 1.82) is 5.26 Å². The first kappa shape index (κ1) is 12.3. The van der Waals surface area contributed by atoms with Crippen LogP contribution in [0, 0.1) is 17.2 Å².